The quantitative estimate of drug-likeness (QED) is 0.810. The molecule has 18 heavy (non-hydrogen) atoms. The fraction of sp³-hybridized carbons (Fsp3) is 0.0833. The molecular formula is C12H9ClO4S. The van der Waals surface area contributed by atoms with Crippen molar-refractivity contribution in [2.45, 2.75) is 10.6 Å². The van der Waals surface area contributed by atoms with E-state index < -0.39 is 9.84 Å². The smallest absolute Gasteiger partial charge is 0.187 e. The molecule has 94 valence electrons. The van der Waals surface area contributed by atoms with Gasteiger partial charge in [-0.2, -0.15) is 0 Å². The molecule has 1 aromatic heterocycles. The largest absolute Gasteiger partial charge is 0.457 e. The highest BCUT2D eigenvalue weighted by atomic mass is 35.5. The van der Waals surface area contributed by atoms with Gasteiger partial charge in [-0.1, -0.05) is 23.7 Å². The zero-order chi connectivity index (χ0) is 13.2. The molecule has 0 radical (unpaired) electrons. The minimum atomic E-state index is -3.58. The van der Waals surface area contributed by atoms with E-state index in [1.54, 1.807) is 12.1 Å². The number of furan rings is 1. The van der Waals surface area contributed by atoms with Crippen LogP contribution in [0.5, 0.6) is 0 Å². The summed E-state index contributed by atoms with van der Waals surface area (Å²) in [5.41, 5.74) is 0. The van der Waals surface area contributed by atoms with E-state index in [0.717, 1.165) is 0 Å². The van der Waals surface area contributed by atoms with Crippen molar-refractivity contribution >= 4 is 27.7 Å². The first-order valence-electron chi connectivity index (χ1n) is 5.04. The van der Waals surface area contributed by atoms with E-state index in [-0.39, 0.29) is 27.2 Å². The van der Waals surface area contributed by atoms with E-state index in [0.29, 0.717) is 6.29 Å². The highest BCUT2D eigenvalue weighted by Gasteiger charge is 2.20. The number of hydrogen-bond acceptors (Lipinski definition) is 4. The van der Waals surface area contributed by atoms with Crippen LogP contribution >= 0.6 is 11.6 Å². The second kappa shape index (κ2) is 4.96. The average molecular weight is 285 g/mol. The Hall–Kier alpha value is -1.59. The number of sulfone groups is 1. The summed E-state index contributed by atoms with van der Waals surface area (Å²) >= 11 is 5.84. The standard InChI is InChI=1S/C12H9ClO4S/c13-11-3-1-2-4-12(11)18(15,16)8-10-6-5-9(7-14)17-10/h1-7H,8H2. The summed E-state index contributed by atoms with van der Waals surface area (Å²) in [7, 11) is -3.58. The maximum absolute atomic E-state index is 12.1. The summed E-state index contributed by atoms with van der Waals surface area (Å²) in [6, 6.07) is 9.06. The molecule has 0 fully saturated rings. The summed E-state index contributed by atoms with van der Waals surface area (Å²) in [5, 5.41) is 0.166. The van der Waals surface area contributed by atoms with Gasteiger partial charge in [-0.05, 0) is 24.3 Å². The first-order chi connectivity index (χ1) is 8.53. The van der Waals surface area contributed by atoms with Crippen LogP contribution in [0.3, 0.4) is 0 Å². The van der Waals surface area contributed by atoms with Gasteiger partial charge >= 0.3 is 0 Å². The molecule has 2 rings (SSSR count). The predicted octanol–water partition coefficient (Wildman–Crippen LogP) is 2.72. The van der Waals surface area contributed by atoms with E-state index in [1.165, 1.54) is 24.3 Å². The Labute approximate surface area is 109 Å². The van der Waals surface area contributed by atoms with Gasteiger partial charge in [0.05, 0.1) is 9.92 Å². The van der Waals surface area contributed by atoms with Crippen LogP contribution in [-0.2, 0) is 15.6 Å². The lowest BCUT2D eigenvalue weighted by Gasteiger charge is -2.04. The highest BCUT2D eigenvalue weighted by Crippen LogP contribution is 2.24. The van der Waals surface area contributed by atoms with Crippen molar-refractivity contribution in [2.24, 2.45) is 0 Å². The normalized spacial score (nSPS) is 11.4. The first kappa shape index (κ1) is 12.9. The first-order valence-corrected chi connectivity index (χ1v) is 7.07. The van der Waals surface area contributed by atoms with Crippen LogP contribution in [0.2, 0.25) is 5.02 Å². The SMILES string of the molecule is O=Cc1ccc(CS(=O)(=O)c2ccccc2Cl)o1. The van der Waals surface area contributed by atoms with E-state index in [2.05, 4.69) is 0 Å². The highest BCUT2D eigenvalue weighted by molar-refractivity contribution is 7.90. The topological polar surface area (TPSA) is 64.3 Å². The van der Waals surface area contributed by atoms with Crippen molar-refractivity contribution in [3.63, 3.8) is 0 Å². The molecule has 1 aromatic carbocycles. The summed E-state index contributed by atoms with van der Waals surface area (Å²) in [6.45, 7) is 0. The van der Waals surface area contributed by atoms with Crippen molar-refractivity contribution in [3.8, 4) is 0 Å². The van der Waals surface area contributed by atoms with Crippen molar-refractivity contribution in [3.05, 3.63) is 52.9 Å². The van der Waals surface area contributed by atoms with Gasteiger partial charge in [0.1, 0.15) is 11.5 Å². The zero-order valence-corrected chi connectivity index (χ0v) is 10.7. The lowest BCUT2D eigenvalue weighted by atomic mass is 10.4. The molecule has 0 saturated heterocycles. The Morgan fingerprint density at radius 3 is 2.50 bits per heavy atom. The Balaban J connectivity index is 2.33. The minimum Gasteiger partial charge on any atom is -0.457 e. The fourth-order valence-corrected chi connectivity index (χ4v) is 3.32. The van der Waals surface area contributed by atoms with Crippen LogP contribution in [0.4, 0.5) is 0 Å². The third-order valence-electron chi connectivity index (χ3n) is 2.30. The molecule has 0 aliphatic carbocycles. The fourth-order valence-electron chi connectivity index (χ4n) is 1.50. The third kappa shape index (κ3) is 2.63. The van der Waals surface area contributed by atoms with E-state index in [4.69, 9.17) is 16.0 Å². The molecule has 2 aromatic rings. The third-order valence-corrected chi connectivity index (χ3v) is 4.43. The van der Waals surface area contributed by atoms with Gasteiger partial charge in [0.15, 0.2) is 21.9 Å². The van der Waals surface area contributed by atoms with Crippen molar-refractivity contribution < 1.29 is 17.6 Å². The Morgan fingerprint density at radius 2 is 1.89 bits per heavy atom. The van der Waals surface area contributed by atoms with E-state index in [9.17, 15) is 13.2 Å². The van der Waals surface area contributed by atoms with Crippen LogP contribution in [0.1, 0.15) is 16.3 Å². The molecule has 0 spiro atoms. The molecule has 0 bridgehead atoms. The number of halogens is 1. The van der Waals surface area contributed by atoms with Crippen LogP contribution in [0.15, 0.2) is 45.7 Å². The van der Waals surface area contributed by atoms with Gasteiger partial charge in [0.25, 0.3) is 0 Å². The molecular weight excluding hydrogens is 276 g/mol. The summed E-state index contributed by atoms with van der Waals surface area (Å²) in [6.07, 6.45) is 0.519. The van der Waals surface area contributed by atoms with Crippen molar-refractivity contribution in [1.82, 2.24) is 0 Å². The van der Waals surface area contributed by atoms with Crippen molar-refractivity contribution in [2.75, 3.05) is 0 Å². The number of rotatable bonds is 4. The Morgan fingerprint density at radius 1 is 1.17 bits per heavy atom. The molecule has 6 heteroatoms. The van der Waals surface area contributed by atoms with Crippen LogP contribution in [0, 0.1) is 0 Å². The molecule has 0 unspecified atom stereocenters. The number of carbonyl (C=O) groups is 1. The van der Waals surface area contributed by atoms with Gasteiger partial charge in [0, 0.05) is 0 Å². The van der Waals surface area contributed by atoms with E-state index in [1.807, 2.05) is 0 Å². The second-order valence-corrected chi connectivity index (χ2v) is 5.98. The maximum atomic E-state index is 12.1. The van der Waals surface area contributed by atoms with Gasteiger partial charge in [-0.25, -0.2) is 8.42 Å². The van der Waals surface area contributed by atoms with Crippen molar-refractivity contribution in [1.29, 1.82) is 0 Å². The van der Waals surface area contributed by atoms with Gasteiger partial charge in [-0.3, -0.25) is 4.79 Å². The average Bonchev–Trinajstić information content (AvgIpc) is 2.76. The molecule has 0 N–H and O–H groups in total. The van der Waals surface area contributed by atoms with Gasteiger partial charge < -0.3 is 4.42 Å². The molecule has 0 amide bonds. The summed E-state index contributed by atoms with van der Waals surface area (Å²) < 4.78 is 29.2. The molecule has 0 atom stereocenters. The van der Waals surface area contributed by atoms with Gasteiger partial charge in [-0.15, -0.1) is 0 Å². The van der Waals surface area contributed by atoms with Crippen LogP contribution in [0.25, 0.3) is 0 Å². The maximum Gasteiger partial charge on any atom is 0.187 e. The molecule has 0 saturated carbocycles. The Bertz CT molecular complexity index is 673. The minimum absolute atomic E-state index is 0.0516. The summed E-state index contributed by atoms with van der Waals surface area (Å²) in [4.78, 5) is 10.5. The monoisotopic (exact) mass is 284 g/mol. The molecule has 0 aliphatic heterocycles. The van der Waals surface area contributed by atoms with E-state index >= 15 is 0 Å². The lowest BCUT2D eigenvalue weighted by Crippen LogP contribution is -2.04. The molecule has 1 heterocycles. The zero-order valence-electron chi connectivity index (χ0n) is 9.17. The second-order valence-electron chi connectivity index (χ2n) is 3.61. The molecule has 0 aliphatic rings. The number of benzene rings is 1. The predicted molar refractivity (Wildman–Crippen MR) is 66.4 cm³/mol. The molecule has 4 nitrogen and oxygen atoms in total. The number of hydrogen-bond donors (Lipinski definition) is 0. The number of carbonyl (C=O) groups excluding carboxylic acids is 1. The van der Waals surface area contributed by atoms with Crippen LogP contribution in [-0.4, -0.2) is 14.7 Å². The Kier molecular flexibility index (Phi) is 3.54. The number of aldehydes is 1. The van der Waals surface area contributed by atoms with Gasteiger partial charge in [0.2, 0.25) is 0 Å². The summed E-state index contributed by atoms with van der Waals surface area (Å²) in [5.74, 6) is -0.0266. The lowest BCUT2D eigenvalue weighted by molar-refractivity contribution is 0.109. The van der Waals surface area contributed by atoms with Crippen LogP contribution < -0.4 is 0 Å².